The third-order valence-corrected chi connectivity index (χ3v) is 3.72. The SMILES string of the molecule is O=C(COCCCc1ccncc1)c1ccc(Cl)c(Cl)c1. The van der Waals surface area contributed by atoms with Gasteiger partial charge in [0.25, 0.3) is 0 Å². The number of rotatable bonds is 7. The lowest BCUT2D eigenvalue weighted by atomic mass is 10.1. The summed E-state index contributed by atoms with van der Waals surface area (Å²) in [5.74, 6) is -0.0996. The van der Waals surface area contributed by atoms with Crippen LogP contribution in [0.3, 0.4) is 0 Å². The van der Waals surface area contributed by atoms with Crippen molar-refractivity contribution in [2.45, 2.75) is 12.8 Å². The van der Waals surface area contributed by atoms with E-state index in [4.69, 9.17) is 27.9 Å². The highest BCUT2D eigenvalue weighted by atomic mass is 35.5. The van der Waals surface area contributed by atoms with E-state index in [1.54, 1.807) is 30.6 Å². The fourth-order valence-corrected chi connectivity index (χ4v) is 2.14. The molecule has 0 saturated carbocycles. The third kappa shape index (κ3) is 5.12. The maximum absolute atomic E-state index is 11.9. The van der Waals surface area contributed by atoms with Crippen LogP contribution in [0.2, 0.25) is 10.0 Å². The molecule has 0 unspecified atom stereocenters. The number of aryl methyl sites for hydroxylation is 1. The van der Waals surface area contributed by atoms with Crippen molar-refractivity contribution < 1.29 is 9.53 Å². The van der Waals surface area contributed by atoms with Gasteiger partial charge in [0.05, 0.1) is 10.0 Å². The number of benzene rings is 1. The fraction of sp³-hybridized carbons (Fsp3) is 0.250. The Morgan fingerprint density at radius 1 is 1.10 bits per heavy atom. The summed E-state index contributed by atoms with van der Waals surface area (Å²) in [6.07, 6.45) is 5.30. The lowest BCUT2D eigenvalue weighted by Gasteiger charge is -2.05. The first-order valence-electron chi connectivity index (χ1n) is 6.61. The van der Waals surface area contributed by atoms with Crippen molar-refractivity contribution in [1.29, 1.82) is 0 Å². The van der Waals surface area contributed by atoms with Gasteiger partial charge in [-0.2, -0.15) is 0 Å². The van der Waals surface area contributed by atoms with Crippen LogP contribution in [0.5, 0.6) is 0 Å². The second-order valence-corrected chi connectivity index (χ2v) is 5.38. The lowest BCUT2D eigenvalue weighted by molar-refractivity contribution is 0.0756. The van der Waals surface area contributed by atoms with E-state index in [1.807, 2.05) is 12.1 Å². The Hall–Kier alpha value is -1.42. The molecule has 1 aromatic carbocycles. The number of Topliss-reactive ketones (excluding diaryl/α,β-unsaturated/α-hetero) is 1. The van der Waals surface area contributed by atoms with Crippen molar-refractivity contribution >= 4 is 29.0 Å². The Morgan fingerprint density at radius 3 is 2.57 bits per heavy atom. The van der Waals surface area contributed by atoms with Crippen LogP contribution in [0, 0.1) is 0 Å². The molecule has 0 amide bonds. The normalized spacial score (nSPS) is 10.6. The number of halogens is 2. The standard InChI is InChI=1S/C16H15Cl2NO2/c17-14-4-3-13(10-15(14)18)16(20)11-21-9-1-2-12-5-7-19-8-6-12/h3-8,10H,1-2,9,11H2. The number of ether oxygens (including phenoxy) is 1. The largest absolute Gasteiger partial charge is 0.373 e. The molecule has 1 aromatic heterocycles. The number of aromatic nitrogens is 1. The van der Waals surface area contributed by atoms with Gasteiger partial charge in [0.2, 0.25) is 0 Å². The van der Waals surface area contributed by atoms with Crippen molar-refractivity contribution in [2.24, 2.45) is 0 Å². The molecular weight excluding hydrogens is 309 g/mol. The van der Waals surface area contributed by atoms with Gasteiger partial charge in [-0.25, -0.2) is 0 Å². The van der Waals surface area contributed by atoms with Crippen molar-refractivity contribution in [2.75, 3.05) is 13.2 Å². The minimum absolute atomic E-state index is 0.0499. The van der Waals surface area contributed by atoms with Crippen LogP contribution in [0.1, 0.15) is 22.3 Å². The summed E-state index contributed by atoms with van der Waals surface area (Å²) in [4.78, 5) is 15.9. The molecule has 5 heteroatoms. The number of carbonyl (C=O) groups is 1. The zero-order valence-electron chi connectivity index (χ0n) is 11.4. The van der Waals surface area contributed by atoms with Crippen LogP contribution in [-0.2, 0) is 11.2 Å². The van der Waals surface area contributed by atoms with Gasteiger partial charge in [-0.3, -0.25) is 9.78 Å². The van der Waals surface area contributed by atoms with Crippen LogP contribution in [-0.4, -0.2) is 24.0 Å². The average Bonchev–Trinajstić information content (AvgIpc) is 2.50. The Balaban J connectivity index is 1.71. The lowest BCUT2D eigenvalue weighted by Crippen LogP contribution is -2.10. The summed E-state index contributed by atoms with van der Waals surface area (Å²) >= 11 is 11.7. The molecule has 0 radical (unpaired) electrons. The van der Waals surface area contributed by atoms with Gasteiger partial charge in [-0.1, -0.05) is 23.2 Å². The maximum atomic E-state index is 11.9. The first-order valence-corrected chi connectivity index (χ1v) is 7.37. The molecular formula is C16H15Cl2NO2. The van der Waals surface area contributed by atoms with E-state index in [9.17, 15) is 4.79 Å². The highest BCUT2D eigenvalue weighted by Crippen LogP contribution is 2.22. The summed E-state index contributed by atoms with van der Waals surface area (Å²) in [7, 11) is 0. The Morgan fingerprint density at radius 2 is 1.86 bits per heavy atom. The fourth-order valence-electron chi connectivity index (χ4n) is 1.85. The number of ketones is 1. The highest BCUT2D eigenvalue weighted by molar-refractivity contribution is 6.42. The molecule has 0 aliphatic heterocycles. The van der Waals surface area contributed by atoms with E-state index >= 15 is 0 Å². The molecule has 0 aliphatic carbocycles. The van der Waals surface area contributed by atoms with E-state index < -0.39 is 0 Å². The van der Waals surface area contributed by atoms with Crippen molar-refractivity contribution in [3.05, 3.63) is 63.9 Å². The smallest absolute Gasteiger partial charge is 0.188 e. The molecule has 3 nitrogen and oxygen atoms in total. The molecule has 2 rings (SSSR count). The second-order valence-electron chi connectivity index (χ2n) is 4.56. The molecule has 1 heterocycles. The highest BCUT2D eigenvalue weighted by Gasteiger charge is 2.08. The summed E-state index contributed by atoms with van der Waals surface area (Å²) in [6, 6.07) is 8.77. The summed E-state index contributed by atoms with van der Waals surface area (Å²) in [5, 5.41) is 0.812. The van der Waals surface area contributed by atoms with Gasteiger partial charge in [-0.15, -0.1) is 0 Å². The topological polar surface area (TPSA) is 39.2 Å². The van der Waals surface area contributed by atoms with Gasteiger partial charge in [-0.05, 0) is 48.7 Å². The Kier molecular flexibility index (Phi) is 6.18. The summed E-state index contributed by atoms with van der Waals surface area (Å²) in [5.41, 5.74) is 1.72. The number of pyridine rings is 1. The van der Waals surface area contributed by atoms with E-state index in [0.717, 1.165) is 12.8 Å². The molecule has 0 N–H and O–H groups in total. The quantitative estimate of drug-likeness (QED) is 0.565. The number of nitrogens with zero attached hydrogens (tertiary/aromatic N) is 1. The van der Waals surface area contributed by atoms with Gasteiger partial charge in [0.1, 0.15) is 6.61 Å². The van der Waals surface area contributed by atoms with Crippen molar-refractivity contribution in [3.8, 4) is 0 Å². The van der Waals surface area contributed by atoms with Gasteiger partial charge >= 0.3 is 0 Å². The predicted molar refractivity (Wildman–Crippen MR) is 84.2 cm³/mol. The zero-order chi connectivity index (χ0) is 15.1. The second kappa shape index (κ2) is 8.13. The minimum atomic E-state index is -0.0996. The molecule has 0 saturated heterocycles. The van der Waals surface area contributed by atoms with Crippen molar-refractivity contribution in [3.63, 3.8) is 0 Å². The summed E-state index contributed by atoms with van der Waals surface area (Å²) in [6.45, 7) is 0.587. The molecule has 0 aliphatic rings. The Labute approximate surface area is 133 Å². The Bertz CT molecular complexity index is 602. The number of hydrogen-bond acceptors (Lipinski definition) is 3. The van der Waals surface area contributed by atoms with Gasteiger partial charge < -0.3 is 4.74 Å². The van der Waals surface area contributed by atoms with Gasteiger partial charge in [0, 0.05) is 24.6 Å². The molecule has 21 heavy (non-hydrogen) atoms. The van der Waals surface area contributed by atoms with E-state index in [1.165, 1.54) is 5.56 Å². The summed E-state index contributed by atoms with van der Waals surface area (Å²) < 4.78 is 5.40. The molecule has 110 valence electrons. The zero-order valence-corrected chi connectivity index (χ0v) is 12.9. The maximum Gasteiger partial charge on any atom is 0.188 e. The first kappa shape index (κ1) is 16.0. The van der Waals surface area contributed by atoms with Crippen LogP contribution in [0.25, 0.3) is 0 Å². The number of hydrogen-bond donors (Lipinski definition) is 0. The van der Waals surface area contributed by atoms with Crippen LogP contribution < -0.4 is 0 Å². The molecule has 0 spiro atoms. The predicted octanol–water partition coefficient (Wildman–Crippen LogP) is 4.22. The monoisotopic (exact) mass is 323 g/mol. The van der Waals surface area contributed by atoms with E-state index in [-0.39, 0.29) is 12.4 Å². The third-order valence-electron chi connectivity index (χ3n) is 2.98. The minimum Gasteiger partial charge on any atom is -0.373 e. The molecule has 2 aromatic rings. The first-order chi connectivity index (χ1) is 10.2. The van der Waals surface area contributed by atoms with E-state index in [0.29, 0.717) is 22.2 Å². The van der Waals surface area contributed by atoms with Gasteiger partial charge in [0.15, 0.2) is 5.78 Å². The van der Waals surface area contributed by atoms with Crippen LogP contribution in [0.15, 0.2) is 42.7 Å². The molecule has 0 fully saturated rings. The van der Waals surface area contributed by atoms with Crippen LogP contribution in [0.4, 0.5) is 0 Å². The van der Waals surface area contributed by atoms with Crippen LogP contribution >= 0.6 is 23.2 Å². The number of carbonyl (C=O) groups excluding carboxylic acids is 1. The molecule has 0 atom stereocenters. The van der Waals surface area contributed by atoms with E-state index in [2.05, 4.69) is 4.98 Å². The average molecular weight is 324 g/mol. The molecule has 0 bridgehead atoms. The van der Waals surface area contributed by atoms with Crippen molar-refractivity contribution in [1.82, 2.24) is 4.98 Å².